The van der Waals surface area contributed by atoms with Crippen molar-refractivity contribution in [3.05, 3.63) is 49.4 Å². The van der Waals surface area contributed by atoms with E-state index in [9.17, 15) is 0 Å². The molecule has 0 atom stereocenters. The highest BCUT2D eigenvalue weighted by molar-refractivity contribution is 14.1. The molecule has 3 nitrogen and oxygen atoms in total. The number of hydrogen-bond donors (Lipinski definition) is 1. The standard InChI is InChI=1S/C12H10BrClIN3/c13-10-7-17-12(15)18-11(10)16-5-4-8-2-1-3-9(14)6-8/h1-3,6-7H,4-5H2,(H,16,17,18). The first-order valence-electron chi connectivity index (χ1n) is 5.31. The highest BCUT2D eigenvalue weighted by Crippen LogP contribution is 2.19. The topological polar surface area (TPSA) is 37.8 Å². The van der Waals surface area contributed by atoms with Gasteiger partial charge in [-0.2, -0.15) is 0 Å². The summed E-state index contributed by atoms with van der Waals surface area (Å²) in [5.74, 6) is 0.816. The van der Waals surface area contributed by atoms with Crippen LogP contribution in [0.1, 0.15) is 5.56 Å². The van der Waals surface area contributed by atoms with Crippen LogP contribution in [0.2, 0.25) is 5.02 Å². The number of rotatable bonds is 4. The molecule has 6 heteroatoms. The van der Waals surface area contributed by atoms with Crippen molar-refractivity contribution in [1.29, 1.82) is 0 Å². The van der Waals surface area contributed by atoms with Gasteiger partial charge in [-0.05, 0) is 40.0 Å². The zero-order chi connectivity index (χ0) is 13.0. The molecule has 0 radical (unpaired) electrons. The lowest BCUT2D eigenvalue weighted by molar-refractivity contribution is 0.986. The van der Waals surface area contributed by atoms with Gasteiger partial charge in [-0.25, -0.2) is 9.97 Å². The van der Waals surface area contributed by atoms with Crippen molar-refractivity contribution in [2.75, 3.05) is 11.9 Å². The Bertz CT molecular complexity index is 551. The zero-order valence-corrected chi connectivity index (χ0v) is 13.8. The molecule has 0 bridgehead atoms. The van der Waals surface area contributed by atoms with Crippen molar-refractivity contribution < 1.29 is 0 Å². The van der Waals surface area contributed by atoms with E-state index in [1.165, 1.54) is 5.56 Å². The normalized spacial score (nSPS) is 10.4. The molecular weight excluding hydrogens is 428 g/mol. The lowest BCUT2D eigenvalue weighted by atomic mass is 10.1. The Morgan fingerprint density at radius 3 is 3.00 bits per heavy atom. The van der Waals surface area contributed by atoms with Gasteiger partial charge < -0.3 is 5.32 Å². The van der Waals surface area contributed by atoms with Gasteiger partial charge in [0.1, 0.15) is 5.82 Å². The molecule has 0 saturated carbocycles. The molecule has 0 aliphatic heterocycles. The Hall–Kier alpha value is -0.400. The number of nitrogens with zero attached hydrogens (tertiary/aromatic N) is 2. The predicted octanol–water partition coefficient (Wildman–Crippen LogP) is 4.15. The number of benzene rings is 1. The Kier molecular flexibility index (Phi) is 5.20. The monoisotopic (exact) mass is 437 g/mol. The summed E-state index contributed by atoms with van der Waals surface area (Å²) in [6.07, 6.45) is 2.64. The summed E-state index contributed by atoms with van der Waals surface area (Å²) >= 11 is 11.4. The average molecular weight is 438 g/mol. The van der Waals surface area contributed by atoms with Crippen LogP contribution in [0, 0.1) is 3.83 Å². The van der Waals surface area contributed by atoms with Gasteiger partial charge in [-0.1, -0.05) is 23.7 Å². The van der Waals surface area contributed by atoms with Gasteiger partial charge in [0, 0.05) is 40.4 Å². The van der Waals surface area contributed by atoms with Crippen LogP contribution in [0.4, 0.5) is 5.82 Å². The summed E-state index contributed by atoms with van der Waals surface area (Å²) in [7, 11) is 0. The van der Waals surface area contributed by atoms with E-state index in [1.807, 2.05) is 18.2 Å². The van der Waals surface area contributed by atoms with E-state index in [1.54, 1.807) is 6.20 Å². The minimum Gasteiger partial charge on any atom is -0.369 e. The second-order valence-electron chi connectivity index (χ2n) is 3.64. The van der Waals surface area contributed by atoms with Crippen molar-refractivity contribution in [2.45, 2.75) is 6.42 Å². The van der Waals surface area contributed by atoms with Crippen LogP contribution in [-0.4, -0.2) is 16.5 Å². The van der Waals surface area contributed by atoms with Crippen LogP contribution in [0.5, 0.6) is 0 Å². The highest BCUT2D eigenvalue weighted by atomic mass is 127. The number of hydrogen-bond acceptors (Lipinski definition) is 3. The van der Waals surface area contributed by atoms with E-state index >= 15 is 0 Å². The summed E-state index contributed by atoms with van der Waals surface area (Å²) in [5.41, 5.74) is 1.20. The van der Waals surface area contributed by atoms with Crippen molar-refractivity contribution in [3.8, 4) is 0 Å². The lowest BCUT2D eigenvalue weighted by Gasteiger charge is -2.07. The lowest BCUT2D eigenvalue weighted by Crippen LogP contribution is -2.08. The van der Waals surface area contributed by atoms with Gasteiger partial charge in [-0.15, -0.1) is 0 Å². The van der Waals surface area contributed by atoms with Crippen LogP contribution in [0.15, 0.2) is 34.9 Å². The predicted molar refractivity (Wildman–Crippen MR) is 86.1 cm³/mol. The molecule has 1 heterocycles. The van der Waals surface area contributed by atoms with Gasteiger partial charge in [0.25, 0.3) is 0 Å². The third-order valence-electron chi connectivity index (χ3n) is 2.31. The summed E-state index contributed by atoms with van der Waals surface area (Å²) < 4.78 is 1.59. The van der Waals surface area contributed by atoms with Crippen molar-refractivity contribution in [1.82, 2.24) is 9.97 Å². The number of aromatic nitrogens is 2. The van der Waals surface area contributed by atoms with Gasteiger partial charge in [0.05, 0.1) is 4.47 Å². The number of nitrogens with one attached hydrogen (secondary N) is 1. The molecule has 1 aromatic carbocycles. The Balaban J connectivity index is 1.94. The van der Waals surface area contributed by atoms with E-state index in [-0.39, 0.29) is 0 Å². The fourth-order valence-corrected chi connectivity index (χ4v) is 2.41. The number of halogens is 3. The molecule has 0 spiro atoms. The molecule has 0 aliphatic carbocycles. The van der Waals surface area contributed by atoms with E-state index in [2.05, 4.69) is 59.9 Å². The maximum absolute atomic E-state index is 5.94. The minimum atomic E-state index is 0.723. The smallest absolute Gasteiger partial charge is 0.192 e. The summed E-state index contributed by atoms with van der Waals surface area (Å²) in [5, 5.41) is 4.04. The number of anilines is 1. The summed E-state index contributed by atoms with van der Waals surface area (Å²) in [6.45, 7) is 0.798. The van der Waals surface area contributed by atoms with Gasteiger partial charge in [-0.3, -0.25) is 0 Å². The van der Waals surface area contributed by atoms with Crippen molar-refractivity contribution in [3.63, 3.8) is 0 Å². The van der Waals surface area contributed by atoms with E-state index in [0.29, 0.717) is 0 Å². The van der Waals surface area contributed by atoms with Gasteiger partial charge in [0.15, 0.2) is 3.83 Å². The van der Waals surface area contributed by atoms with E-state index in [4.69, 9.17) is 11.6 Å². The van der Waals surface area contributed by atoms with Crippen LogP contribution < -0.4 is 5.32 Å². The Labute approximate surface area is 133 Å². The molecule has 0 unspecified atom stereocenters. The molecule has 0 fully saturated rings. The third kappa shape index (κ3) is 4.07. The molecule has 2 aromatic rings. The van der Waals surface area contributed by atoms with Gasteiger partial charge >= 0.3 is 0 Å². The second-order valence-corrected chi connectivity index (χ2v) is 5.90. The Morgan fingerprint density at radius 2 is 2.22 bits per heavy atom. The first-order chi connectivity index (χ1) is 8.65. The largest absolute Gasteiger partial charge is 0.369 e. The maximum atomic E-state index is 5.94. The maximum Gasteiger partial charge on any atom is 0.192 e. The van der Waals surface area contributed by atoms with Crippen molar-refractivity contribution >= 4 is 55.9 Å². The van der Waals surface area contributed by atoms with Crippen LogP contribution in [0.3, 0.4) is 0 Å². The first-order valence-corrected chi connectivity index (χ1v) is 7.56. The first kappa shape index (κ1) is 14.0. The highest BCUT2D eigenvalue weighted by Gasteiger charge is 2.02. The molecule has 0 saturated heterocycles. The molecular formula is C12H10BrClIN3. The fourth-order valence-electron chi connectivity index (χ4n) is 1.49. The molecule has 94 valence electrons. The summed E-state index contributed by atoms with van der Waals surface area (Å²) in [4.78, 5) is 8.40. The van der Waals surface area contributed by atoms with Crippen molar-refractivity contribution in [2.24, 2.45) is 0 Å². The molecule has 0 amide bonds. The van der Waals surface area contributed by atoms with Crippen LogP contribution in [-0.2, 0) is 6.42 Å². The average Bonchev–Trinajstić information content (AvgIpc) is 2.34. The minimum absolute atomic E-state index is 0.723. The van der Waals surface area contributed by atoms with Gasteiger partial charge in [0.2, 0.25) is 0 Å². The van der Waals surface area contributed by atoms with E-state index in [0.717, 1.165) is 32.1 Å². The quantitative estimate of drug-likeness (QED) is 0.576. The zero-order valence-electron chi connectivity index (χ0n) is 9.33. The molecule has 1 N–H and O–H groups in total. The fraction of sp³-hybridized carbons (Fsp3) is 0.167. The molecule has 1 aromatic heterocycles. The molecule has 0 aliphatic rings. The Morgan fingerprint density at radius 1 is 1.39 bits per heavy atom. The second kappa shape index (κ2) is 6.68. The van der Waals surface area contributed by atoms with Crippen LogP contribution >= 0.6 is 50.1 Å². The summed E-state index contributed by atoms with van der Waals surface area (Å²) in [6, 6.07) is 7.87. The molecule has 2 rings (SSSR count). The SMILES string of the molecule is Clc1cccc(CCNc2nc(I)ncc2Br)c1. The molecule has 18 heavy (non-hydrogen) atoms. The van der Waals surface area contributed by atoms with Crippen LogP contribution in [0.25, 0.3) is 0 Å². The third-order valence-corrected chi connectivity index (χ3v) is 3.65. The van der Waals surface area contributed by atoms with E-state index < -0.39 is 0 Å².